The molecule has 1 rings (SSSR count). The van der Waals surface area contributed by atoms with Gasteiger partial charge in [0.2, 0.25) is 5.91 Å². The zero-order chi connectivity index (χ0) is 10.6. The Morgan fingerprint density at radius 3 is 2.86 bits per heavy atom. The fourth-order valence-electron chi connectivity index (χ4n) is 1.07. The van der Waals surface area contributed by atoms with E-state index in [0.29, 0.717) is 11.3 Å². The van der Waals surface area contributed by atoms with E-state index in [1.807, 2.05) is 0 Å². The van der Waals surface area contributed by atoms with E-state index in [4.69, 9.17) is 0 Å². The SMILES string of the molecule is C/C=C/C(=O)Nc1cccc(F)c1C. The van der Waals surface area contributed by atoms with E-state index >= 15 is 0 Å². The summed E-state index contributed by atoms with van der Waals surface area (Å²) in [5.41, 5.74) is 0.957. The third kappa shape index (κ3) is 2.42. The Morgan fingerprint density at radius 2 is 2.21 bits per heavy atom. The van der Waals surface area contributed by atoms with Gasteiger partial charge in [-0.1, -0.05) is 12.1 Å². The minimum Gasteiger partial charge on any atom is -0.322 e. The van der Waals surface area contributed by atoms with Gasteiger partial charge in [-0.2, -0.15) is 0 Å². The van der Waals surface area contributed by atoms with Crippen molar-refractivity contribution >= 4 is 11.6 Å². The lowest BCUT2D eigenvalue weighted by molar-refractivity contribution is -0.111. The highest BCUT2D eigenvalue weighted by Gasteiger charge is 2.04. The summed E-state index contributed by atoms with van der Waals surface area (Å²) in [4.78, 5) is 11.2. The number of carbonyl (C=O) groups is 1. The molecule has 0 heterocycles. The second kappa shape index (κ2) is 4.56. The van der Waals surface area contributed by atoms with Crippen LogP contribution in [0.15, 0.2) is 30.4 Å². The lowest BCUT2D eigenvalue weighted by atomic mass is 10.2. The van der Waals surface area contributed by atoms with Crippen molar-refractivity contribution in [1.82, 2.24) is 0 Å². The highest BCUT2D eigenvalue weighted by Crippen LogP contribution is 2.17. The molecule has 1 amide bonds. The van der Waals surface area contributed by atoms with Gasteiger partial charge in [-0.3, -0.25) is 4.79 Å². The van der Waals surface area contributed by atoms with Crippen LogP contribution in [0.25, 0.3) is 0 Å². The summed E-state index contributed by atoms with van der Waals surface area (Å²) < 4.78 is 13.0. The molecular formula is C11H12FNO. The number of amides is 1. The first-order chi connectivity index (χ1) is 6.65. The van der Waals surface area contributed by atoms with Crippen molar-refractivity contribution in [3.05, 3.63) is 41.7 Å². The van der Waals surface area contributed by atoms with Gasteiger partial charge in [-0.05, 0) is 32.1 Å². The zero-order valence-electron chi connectivity index (χ0n) is 8.17. The number of nitrogens with one attached hydrogen (secondary N) is 1. The number of allylic oxidation sites excluding steroid dienone is 1. The number of hydrogen-bond donors (Lipinski definition) is 1. The summed E-state index contributed by atoms with van der Waals surface area (Å²) in [7, 11) is 0. The highest BCUT2D eigenvalue weighted by molar-refractivity contribution is 5.99. The van der Waals surface area contributed by atoms with E-state index in [9.17, 15) is 9.18 Å². The average molecular weight is 193 g/mol. The van der Waals surface area contributed by atoms with Crippen LogP contribution in [-0.2, 0) is 4.79 Å². The van der Waals surface area contributed by atoms with Gasteiger partial charge in [0.05, 0.1) is 0 Å². The van der Waals surface area contributed by atoms with Crippen LogP contribution >= 0.6 is 0 Å². The Labute approximate surface area is 82.4 Å². The molecule has 1 aromatic carbocycles. The number of carbonyl (C=O) groups excluding carboxylic acids is 1. The third-order valence-corrected chi connectivity index (χ3v) is 1.84. The molecule has 0 spiro atoms. The molecule has 0 aliphatic heterocycles. The molecule has 0 saturated carbocycles. The van der Waals surface area contributed by atoms with Crippen LogP contribution in [0.5, 0.6) is 0 Å². The summed E-state index contributed by atoms with van der Waals surface area (Å²) in [6.45, 7) is 3.37. The molecule has 14 heavy (non-hydrogen) atoms. The first kappa shape index (κ1) is 10.4. The number of hydrogen-bond acceptors (Lipinski definition) is 1. The summed E-state index contributed by atoms with van der Waals surface area (Å²) in [6.07, 6.45) is 3.02. The number of rotatable bonds is 2. The van der Waals surface area contributed by atoms with E-state index in [-0.39, 0.29) is 11.7 Å². The molecule has 0 unspecified atom stereocenters. The molecule has 0 aliphatic carbocycles. The minimum atomic E-state index is -0.316. The Hall–Kier alpha value is -1.64. The Kier molecular flexibility index (Phi) is 3.40. The van der Waals surface area contributed by atoms with Gasteiger partial charge in [-0.25, -0.2) is 4.39 Å². The monoisotopic (exact) mass is 193 g/mol. The molecule has 0 bridgehead atoms. The average Bonchev–Trinajstić information content (AvgIpc) is 2.13. The summed E-state index contributed by atoms with van der Waals surface area (Å²) in [5, 5.41) is 2.59. The van der Waals surface area contributed by atoms with Gasteiger partial charge in [0.15, 0.2) is 0 Å². The molecule has 0 fully saturated rings. The van der Waals surface area contributed by atoms with Crippen molar-refractivity contribution < 1.29 is 9.18 Å². The summed E-state index contributed by atoms with van der Waals surface area (Å²) in [5.74, 6) is -0.565. The molecule has 74 valence electrons. The lowest BCUT2D eigenvalue weighted by Gasteiger charge is -2.06. The van der Waals surface area contributed by atoms with Gasteiger partial charge >= 0.3 is 0 Å². The predicted octanol–water partition coefficient (Wildman–Crippen LogP) is 2.65. The van der Waals surface area contributed by atoms with Crippen molar-refractivity contribution in [3.63, 3.8) is 0 Å². The van der Waals surface area contributed by atoms with E-state index < -0.39 is 0 Å². The van der Waals surface area contributed by atoms with Crippen molar-refractivity contribution in [1.29, 1.82) is 0 Å². The molecule has 3 heteroatoms. The maximum absolute atomic E-state index is 13.0. The van der Waals surface area contributed by atoms with Crippen LogP contribution in [-0.4, -0.2) is 5.91 Å². The van der Waals surface area contributed by atoms with Crippen molar-refractivity contribution in [2.24, 2.45) is 0 Å². The van der Waals surface area contributed by atoms with Crippen LogP contribution in [0.3, 0.4) is 0 Å². The van der Waals surface area contributed by atoms with E-state index in [1.54, 1.807) is 32.1 Å². The largest absolute Gasteiger partial charge is 0.322 e. The van der Waals surface area contributed by atoms with Crippen LogP contribution in [0.1, 0.15) is 12.5 Å². The van der Waals surface area contributed by atoms with E-state index in [0.717, 1.165) is 0 Å². The van der Waals surface area contributed by atoms with Crippen molar-refractivity contribution in [3.8, 4) is 0 Å². The van der Waals surface area contributed by atoms with Crippen molar-refractivity contribution in [2.75, 3.05) is 5.32 Å². The number of halogens is 1. The summed E-state index contributed by atoms with van der Waals surface area (Å²) >= 11 is 0. The second-order valence-corrected chi connectivity index (χ2v) is 2.90. The van der Waals surface area contributed by atoms with Crippen molar-refractivity contribution in [2.45, 2.75) is 13.8 Å². The third-order valence-electron chi connectivity index (χ3n) is 1.84. The molecule has 0 radical (unpaired) electrons. The lowest BCUT2D eigenvalue weighted by Crippen LogP contribution is -2.09. The molecule has 1 aromatic rings. The molecule has 0 saturated heterocycles. The van der Waals surface area contributed by atoms with E-state index in [2.05, 4.69) is 5.32 Å². The first-order valence-corrected chi connectivity index (χ1v) is 4.34. The molecule has 0 aromatic heterocycles. The van der Waals surface area contributed by atoms with Gasteiger partial charge in [0.25, 0.3) is 0 Å². The maximum atomic E-state index is 13.0. The molecule has 1 N–H and O–H groups in total. The molecular weight excluding hydrogens is 181 g/mol. The fourth-order valence-corrected chi connectivity index (χ4v) is 1.07. The van der Waals surface area contributed by atoms with Crippen LogP contribution in [0.4, 0.5) is 10.1 Å². The Balaban J connectivity index is 2.87. The quantitative estimate of drug-likeness (QED) is 0.719. The highest BCUT2D eigenvalue weighted by atomic mass is 19.1. The standard InChI is InChI=1S/C11H12FNO/c1-3-5-11(14)13-10-7-4-6-9(12)8(10)2/h3-7H,1-2H3,(H,13,14)/b5-3+. The molecule has 0 atom stereocenters. The fraction of sp³-hybridized carbons (Fsp3) is 0.182. The predicted molar refractivity (Wildman–Crippen MR) is 54.6 cm³/mol. The summed E-state index contributed by atoms with van der Waals surface area (Å²) in [6, 6.07) is 4.59. The van der Waals surface area contributed by atoms with Gasteiger partial charge in [0, 0.05) is 11.3 Å². The topological polar surface area (TPSA) is 29.1 Å². The maximum Gasteiger partial charge on any atom is 0.248 e. The van der Waals surface area contributed by atoms with Gasteiger partial charge in [0.1, 0.15) is 5.82 Å². The normalized spacial score (nSPS) is 10.5. The minimum absolute atomic E-state index is 0.249. The van der Waals surface area contributed by atoms with Gasteiger partial charge in [-0.15, -0.1) is 0 Å². The van der Waals surface area contributed by atoms with Gasteiger partial charge < -0.3 is 5.32 Å². The molecule has 2 nitrogen and oxygen atoms in total. The Bertz CT molecular complexity index is 372. The smallest absolute Gasteiger partial charge is 0.248 e. The number of anilines is 1. The van der Waals surface area contributed by atoms with E-state index in [1.165, 1.54) is 12.1 Å². The molecule has 0 aliphatic rings. The first-order valence-electron chi connectivity index (χ1n) is 4.34. The number of benzene rings is 1. The van der Waals surface area contributed by atoms with Crippen LogP contribution in [0.2, 0.25) is 0 Å². The van der Waals surface area contributed by atoms with Crippen LogP contribution in [0, 0.1) is 12.7 Å². The zero-order valence-corrected chi connectivity index (χ0v) is 8.17. The second-order valence-electron chi connectivity index (χ2n) is 2.90. The van der Waals surface area contributed by atoms with Crippen LogP contribution < -0.4 is 5.32 Å². The Morgan fingerprint density at radius 1 is 1.50 bits per heavy atom.